The zero-order valence-electron chi connectivity index (χ0n) is 14.4. The molecule has 0 bridgehead atoms. The predicted molar refractivity (Wildman–Crippen MR) is 91.4 cm³/mol. The molecule has 2 N–H and O–H groups in total. The summed E-state index contributed by atoms with van der Waals surface area (Å²) < 4.78 is 2.25. The highest BCUT2D eigenvalue weighted by Gasteiger charge is 2.23. The molecule has 23 heavy (non-hydrogen) atoms. The normalized spacial score (nSPS) is 22.2. The molecule has 2 aliphatic rings. The van der Waals surface area contributed by atoms with Crippen LogP contribution in [0.5, 0.6) is 0 Å². The Labute approximate surface area is 138 Å². The number of aliphatic imine (C=N–C) groups is 1. The molecule has 3 rings (SSSR count). The van der Waals surface area contributed by atoms with Crippen molar-refractivity contribution in [3.05, 3.63) is 11.6 Å². The van der Waals surface area contributed by atoms with E-state index in [4.69, 9.17) is 0 Å². The number of aryl methyl sites for hydroxylation is 1. The maximum Gasteiger partial charge on any atom is 0.191 e. The molecule has 1 aromatic heterocycles. The van der Waals surface area contributed by atoms with Gasteiger partial charge in [0.2, 0.25) is 0 Å². The zero-order valence-corrected chi connectivity index (χ0v) is 14.4. The lowest BCUT2D eigenvalue weighted by Gasteiger charge is -2.24. The van der Waals surface area contributed by atoms with Crippen LogP contribution < -0.4 is 10.6 Å². The van der Waals surface area contributed by atoms with Gasteiger partial charge in [-0.25, -0.2) is 0 Å². The Morgan fingerprint density at radius 1 is 1.22 bits per heavy atom. The lowest BCUT2D eigenvalue weighted by atomic mass is 10.2. The highest BCUT2D eigenvalue weighted by Crippen LogP contribution is 2.16. The summed E-state index contributed by atoms with van der Waals surface area (Å²) in [5, 5.41) is 15.5. The van der Waals surface area contributed by atoms with Gasteiger partial charge < -0.3 is 15.2 Å². The number of likely N-dealkylation sites (N-methyl/N-ethyl adjacent to an activating group) is 1. The van der Waals surface area contributed by atoms with Gasteiger partial charge in [-0.05, 0) is 38.8 Å². The van der Waals surface area contributed by atoms with Crippen LogP contribution in [0, 0.1) is 0 Å². The van der Waals surface area contributed by atoms with Crippen LogP contribution >= 0.6 is 0 Å². The average molecular weight is 319 g/mol. The fraction of sp³-hybridized carbons (Fsp3) is 0.812. The summed E-state index contributed by atoms with van der Waals surface area (Å²) in [6, 6.07) is 0.624. The maximum atomic E-state index is 4.33. The van der Waals surface area contributed by atoms with Crippen LogP contribution in [0.25, 0.3) is 0 Å². The van der Waals surface area contributed by atoms with Gasteiger partial charge in [0.25, 0.3) is 0 Å². The highest BCUT2D eigenvalue weighted by atomic mass is 15.3. The van der Waals surface area contributed by atoms with E-state index in [0.29, 0.717) is 12.6 Å². The fourth-order valence-electron chi connectivity index (χ4n) is 3.64. The van der Waals surface area contributed by atoms with Gasteiger partial charge >= 0.3 is 0 Å². The third-order valence-corrected chi connectivity index (χ3v) is 4.98. The molecule has 0 radical (unpaired) electrons. The number of aromatic nitrogens is 3. The van der Waals surface area contributed by atoms with Crippen LogP contribution in [0.15, 0.2) is 4.99 Å². The van der Waals surface area contributed by atoms with E-state index in [1.807, 2.05) is 7.05 Å². The first kappa shape index (κ1) is 16.2. The number of nitrogens with zero attached hydrogens (tertiary/aromatic N) is 5. The monoisotopic (exact) mass is 319 g/mol. The minimum atomic E-state index is 0.624. The van der Waals surface area contributed by atoms with Gasteiger partial charge in [0, 0.05) is 32.6 Å². The van der Waals surface area contributed by atoms with Crippen LogP contribution in [-0.2, 0) is 19.5 Å². The van der Waals surface area contributed by atoms with E-state index in [2.05, 4.69) is 42.2 Å². The van der Waals surface area contributed by atoms with Crippen LogP contribution in [0.2, 0.25) is 0 Å². The predicted octanol–water partition coefficient (Wildman–Crippen LogP) is 0.764. The molecular weight excluding hydrogens is 290 g/mol. The Balaban J connectivity index is 1.49. The second kappa shape index (κ2) is 7.77. The minimum Gasteiger partial charge on any atom is -0.355 e. The van der Waals surface area contributed by atoms with Gasteiger partial charge in [-0.1, -0.05) is 6.92 Å². The van der Waals surface area contributed by atoms with Crippen molar-refractivity contribution in [2.45, 2.75) is 58.2 Å². The number of hydrogen-bond acceptors (Lipinski definition) is 4. The molecule has 0 aliphatic carbocycles. The summed E-state index contributed by atoms with van der Waals surface area (Å²) in [5.41, 5.74) is 0. The molecule has 7 nitrogen and oxygen atoms in total. The molecule has 0 saturated carbocycles. The number of hydrogen-bond donors (Lipinski definition) is 2. The Hall–Kier alpha value is -1.63. The zero-order chi connectivity index (χ0) is 16.1. The fourth-order valence-corrected chi connectivity index (χ4v) is 3.64. The molecule has 1 fully saturated rings. The van der Waals surface area contributed by atoms with E-state index in [1.54, 1.807) is 0 Å². The Morgan fingerprint density at radius 2 is 2.13 bits per heavy atom. The maximum absolute atomic E-state index is 4.33. The molecule has 0 aromatic carbocycles. The summed E-state index contributed by atoms with van der Waals surface area (Å²) in [6.45, 7) is 7.25. The second-order valence-corrected chi connectivity index (χ2v) is 6.37. The lowest BCUT2D eigenvalue weighted by molar-refractivity contribution is 0.267. The molecule has 2 aliphatic heterocycles. The van der Waals surface area contributed by atoms with Crippen molar-refractivity contribution in [1.29, 1.82) is 0 Å². The van der Waals surface area contributed by atoms with E-state index >= 15 is 0 Å². The number of guanidine groups is 1. The average Bonchev–Trinajstić information content (AvgIpc) is 3.21. The van der Waals surface area contributed by atoms with Crippen molar-refractivity contribution >= 4 is 5.96 Å². The van der Waals surface area contributed by atoms with Crippen molar-refractivity contribution in [3.8, 4) is 0 Å². The van der Waals surface area contributed by atoms with Crippen molar-refractivity contribution in [3.63, 3.8) is 0 Å². The summed E-state index contributed by atoms with van der Waals surface area (Å²) in [4.78, 5) is 6.87. The van der Waals surface area contributed by atoms with Crippen molar-refractivity contribution in [2.75, 3.05) is 26.7 Å². The van der Waals surface area contributed by atoms with Crippen LogP contribution in [0.3, 0.4) is 0 Å². The molecule has 1 unspecified atom stereocenters. The number of nitrogens with one attached hydrogen (secondary N) is 2. The molecule has 7 heteroatoms. The molecule has 128 valence electrons. The Kier molecular flexibility index (Phi) is 5.48. The summed E-state index contributed by atoms with van der Waals surface area (Å²) >= 11 is 0. The molecule has 0 spiro atoms. The smallest absolute Gasteiger partial charge is 0.191 e. The van der Waals surface area contributed by atoms with Crippen LogP contribution in [0.1, 0.15) is 44.3 Å². The SMILES string of the molecule is CCN1CCCC1CNC(=NC)NCc1nnc2n1CCCC2. The summed E-state index contributed by atoms with van der Waals surface area (Å²) in [5.74, 6) is 2.99. The Morgan fingerprint density at radius 3 is 2.96 bits per heavy atom. The third-order valence-electron chi connectivity index (χ3n) is 4.98. The summed E-state index contributed by atoms with van der Waals surface area (Å²) in [7, 11) is 1.82. The van der Waals surface area contributed by atoms with Gasteiger partial charge in [0.05, 0.1) is 6.54 Å². The molecule has 1 atom stereocenters. The first-order valence-corrected chi connectivity index (χ1v) is 8.91. The van der Waals surface area contributed by atoms with E-state index in [-0.39, 0.29) is 0 Å². The van der Waals surface area contributed by atoms with Gasteiger partial charge in [-0.3, -0.25) is 9.89 Å². The largest absolute Gasteiger partial charge is 0.355 e. The van der Waals surface area contributed by atoms with E-state index in [1.165, 1.54) is 32.2 Å². The standard InChI is InChI=1S/C16H29N7/c1-3-22-9-6-7-13(22)11-18-16(17-2)19-12-15-21-20-14-8-4-5-10-23(14)15/h13H,3-12H2,1-2H3,(H2,17,18,19). The van der Waals surface area contributed by atoms with E-state index in [0.717, 1.165) is 43.7 Å². The van der Waals surface area contributed by atoms with Gasteiger partial charge in [0.1, 0.15) is 5.82 Å². The minimum absolute atomic E-state index is 0.624. The van der Waals surface area contributed by atoms with Crippen molar-refractivity contribution in [1.82, 2.24) is 30.3 Å². The van der Waals surface area contributed by atoms with Crippen LogP contribution in [0.4, 0.5) is 0 Å². The van der Waals surface area contributed by atoms with Gasteiger partial charge in [-0.2, -0.15) is 0 Å². The molecule has 1 aromatic rings. The number of likely N-dealkylation sites (tertiary alicyclic amines) is 1. The topological polar surface area (TPSA) is 70.4 Å². The van der Waals surface area contributed by atoms with Gasteiger partial charge in [-0.15, -0.1) is 10.2 Å². The van der Waals surface area contributed by atoms with Crippen LogP contribution in [-0.4, -0.2) is 58.3 Å². The third kappa shape index (κ3) is 3.83. The first-order valence-electron chi connectivity index (χ1n) is 8.91. The van der Waals surface area contributed by atoms with Crippen molar-refractivity contribution in [2.24, 2.45) is 4.99 Å². The number of rotatable bonds is 5. The molecule has 0 amide bonds. The Bertz CT molecular complexity index is 537. The molecule has 3 heterocycles. The van der Waals surface area contributed by atoms with Crippen molar-refractivity contribution < 1.29 is 0 Å². The first-order chi connectivity index (χ1) is 11.3. The highest BCUT2D eigenvalue weighted by molar-refractivity contribution is 5.79. The van der Waals surface area contributed by atoms with Gasteiger partial charge in [0.15, 0.2) is 11.8 Å². The number of fused-ring (bicyclic) bond motifs is 1. The summed E-state index contributed by atoms with van der Waals surface area (Å²) in [6.07, 6.45) is 6.08. The molecular formula is C16H29N7. The molecule has 1 saturated heterocycles. The lowest BCUT2D eigenvalue weighted by Crippen LogP contribution is -2.44. The van der Waals surface area contributed by atoms with E-state index in [9.17, 15) is 0 Å². The van der Waals surface area contributed by atoms with E-state index < -0.39 is 0 Å². The second-order valence-electron chi connectivity index (χ2n) is 6.37. The quantitative estimate of drug-likeness (QED) is 0.619.